The van der Waals surface area contributed by atoms with E-state index in [9.17, 15) is 18.0 Å². The molecule has 4 aromatic rings. The van der Waals surface area contributed by atoms with Crippen LogP contribution in [0.25, 0.3) is 16.9 Å². The first-order chi connectivity index (χ1) is 15.4. The molecule has 0 fully saturated rings. The molecule has 1 aliphatic rings. The Balaban J connectivity index is 1.56. The Kier molecular flexibility index (Phi) is 4.69. The molecule has 0 saturated heterocycles. The molecule has 1 N–H and O–H groups in total. The van der Waals surface area contributed by atoms with Crippen molar-refractivity contribution in [1.29, 1.82) is 0 Å². The summed E-state index contributed by atoms with van der Waals surface area (Å²) in [5.74, 6) is 0.370. The first kappa shape index (κ1) is 19.9. The predicted molar refractivity (Wildman–Crippen MR) is 109 cm³/mol. The molecular formula is C22H15F3N4O3. The summed E-state index contributed by atoms with van der Waals surface area (Å²) in [6, 6.07) is 14.2. The minimum atomic E-state index is -4.69. The van der Waals surface area contributed by atoms with Gasteiger partial charge in [0.05, 0.1) is 11.9 Å². The molecule has 10 heteroatoms. The lowest BCUT2D eigenvalue weighted by Gasteiger charge is -2.18. The third-order valence-electron chi connectivity index (χ3n) is 4.88. The molecule has 0 atom stereocenters. The average molecular weight is 440 g/mol. The van der Waals surface area contributed by atoms with Crippen molar-refractivity contribution in [3.8, 4) is 22.8 Å². The average Bonchev–Trinajstić information content (AvgIpc) is 3.22. The Labute approximate surface area is 179 Å². The maximum Gasteiger partial charge on any atom is 0.433 e. The van der Waals surface area contributed by atoms with Gasteiger partial charge in [-0.15, -0.1) is 0 Å². The van der Waals surface area contributed by atoms with Crippen LogP contribution in [0, 0.1) is 0 Å². The first-order valence-corrected chi connectivity index (χ1v) is 9.62. The number of fused-ring (bicyclic) bond motifs is 2. The van der Waals surface area contributed by atoms with Crippen molar-refractivity contribution in [2.45, 2.75) is 6.18 Å². The summed E-state index contributed by atoms with van der Waals surface area (Å²) in [5, 5.41) is 6.44. The first-order valence-electron chi connectivity index (χ1n) is 9.62. The van der Waals surface area contributed by atoms with Crippen molar-refractivity contribution in [1.82, 2.24) is 14.6 Å². The lowest BCUT2D eigenvalue weighted by atomic mass is 10.1. The van der Waals surface area contributed by atoms with Gasteiger partial charge in [-0.25, -0.2) is 9.50 Å². The molecule has 7 nitrogen and oxygen atoms in total. The number of hydrogen-bond acceptors (Lipinski definition) is 5. The largest absolute Gasteiger partial charge is 0.486 e. The van der Waals surface area contributed by atoms with E-state index in [1.165, 1.54) is 0 Å². The standard InChI is InChI=1S/C22H15F3N4O3/c23-22(24,25)19-11-16(13-4-2-1-3-5-13)28-20-15(12-26-29(19)20)21(30)27-14-6-7-17-18(10-14)32-9-8-31-17/h1-7,10-12H,8-9H2,(H,27,30). The molecule has 0 saturated carbocycles. The highest BCUT2D eigenvalue weighted by Gasteiger charge is 2.36. The van der Waals surface area contributed by atoms with E-state index in [2.05, 4.69) is 15.4 Å². The SMILES string of the molecule is O=C(Nc1ccc2c(c1)OCCO2)c1cnn2c(C(F)(F)F)cc(-c3ccccc3)nc12. The zero-order valence-electron chi connectivity index (χ0n) is 16.4. The third-order valence-corrected chi connectivity index (χ3v) is 4.88. The van der Waals surface area contributed by atoms with Gasteiger partial charge in [0.2, 0.25) is 0 Å². The fraction of sp³-hybridized carbons (Fsp3) is 0.136. The fourth-order valence-electron chi connectivity index (χ4n) is 3.40. The van der Waals surface area contributed by atoms with Crippen LogP contribution in [0.2, 0.25) is 0 Å². The number of halogens is 3. The summed E-state index contributed by atoms with van der Waals surface area (Å²) in [6.45, 7) is 0.808. The molecule has 162 valence electrons. The molecule has 3 heterocycles. The number of amides is 1. The number of carbonyl (C=O) groups excluding carboxylic acids is 1. The van der Waals surface area contributed by atoms with Crippen molar-refractivity contribution in [3.63, 3.8) is 0 Å². The van der Waals surface area contributed by atoms with Crippen molar-refractivity contribution < 1.29 is 27.4 Å². The molecule has 0 bridgehead atoms. The topological polar surface area (TPSA) is 77.8 Å². The highest BCUT2D eigenvalue weighted by molar-refractivity contribution is 6.08. The number of nitrogens with zero attached hydrogens (tertiary/aromatic N) is 3. The summed E-state index contributed by atoms with van der Waals surface area (Å²) < 4.78 is 52.7. The van der Waals surface area contributed by atoms with Crippen LogP contribution in [0.5, 0.6) is 11.5 Å². The van der Waals surface area contributed by atoms with Crippen LogP contribution in [0.15, 0.2) is 60.8 Å². The van der Waals surface area contributed by atoms with Crippen LogP contribution in [0.4, 0.5) is 18.9 Å². The van der Waals surface area contributed by atoms with Gasteiger partial charge < -0.3 is 14.8 Å². The van der Waals surface area contributed by atoms with E-state index in [4.69, 9.17) is 9.47 Å². The highest BCUT2D eigenvalue weighted by Crippen LogP contribution is 2.34. The number of hydrogen-bond donors (Lipinski definition) is 1. The van der Waals surface area contributed by atoms with Crippen LogP contribution < -0.4 is 14.8 Å². The summed E-state index contributed by atoms with van der Waals surface area (Å²) in [6.07, 6.45) is -3.62. The number of aromatic nitrogens is 3. The van der Waals surface area contributed by atoms with E-state index in [1.807, 2.05) is 0 Å². The van der Waals surface area contributed by atoms with Gasteiger partial charge in [-0.3, -0.25) is 4.79 Å². The zero-order chi connectivity index (χ0) is 22.3. The Morgan fingerprint density at radius 3 is 2.50 bits per heavy atom. The Morgan fingerprint density at radius 2 is 1.75 bits per heavy atom. The molecule has 2 aromatic heterocycles. The maximum atomic E-state index is 13.7. The van der Waals surface area contributed by atoms with E-state index in [1.54, 1.807) is 48.5 Å². The number of carbonyl (C=O) groups is 1. The van der Waals surface area contributed by atoms with Crippen molar-refractivity contribution in [2.75, 3.05) is 18.5 Å². The normalized spacial score (nSPS) is 13.2. The number of benzene rings is 2. The molecule has 2 aromatic carbocycles. The Hall–Kier alpha value is -4.08. The van der Waals surface area contributed by atoms with Crippen LogP contribution in [-0.2, 0) is 6.18 Å². The summed E-state index contributed by atoms with van der Waals surface area (Å²) in [5.41, 5.74) is -0.357. The van der Waals surface area contributed by atoms with Crippen LogP contribution in [-0.4, -0.2) is 33.7 Å². The number of alkyl halides is 3. The smallest absolute Gasteiger partial charge is 0.433 e. The minimum absolute atomic E-state index is 0.0827. The van der Waals surface area contributed by atoms with E-state index < -0.39 is 17.8 Å². The van der Waals surface area contributed by atoms with Crippen molar-refractivity contribution in [3.05, 3.63) is 72.1 Å². The molecular weight excluding hydrogens is 425 g/mol. The van der Waals surface area contributed by atoms with Gasteiger partial charge in [-0.1, -0.05) is 30.3 Å². The monoisotopic (exact) mass is 440 g/mol. The van der Waals surface area contributed by atoms with Crippen LogP contribution >= 0.6 is 0 Å². The number of rotatable bonds is 3. The second-order valence-corrected chi connectivity index (χ2v) is 7.00. The quantitative estimate of drug-likeness (QED) is 0.510. The van der Waals surface area contributed by atoms with Gasteiger partial charge in [0, 0.05) is 17.3 Å². The third kappa shape index (κ3) is 3.59. The lowest BCUT2D eigenvalue weighted by molar-refractivity contribution is -0.142. The summed E-state index contributed by atoms with van der Waals surface area (Å²) in [7, 11) is 0. The minimum Gasteiger partial charge on any atom is -0.486 e. The van der Waals surface area contributed by atoms with Crippen LogP contribution in [0.3, 0.4) is 0 Å². The van der Waals surface area contributed by atoms with Gasteiger partial charge in [0.1, 0.15) is 18.8 Å². The van der Waals surface area contributed by atoms with Crippen molar-refractivity contribution >= 4 is 17.2 Å². The summed E-state index contributed by atoms with van der Waals surface area (Å²) in [4.78, 5) is 17.2. The number of nitrogens with one attached hydrogen (secondary N) is 1. The molecule has 0 aliphatic carbocycles. The fourth-order valence-corrected chi connectivity index (χ4v) is 3.40. The zero-order valence-corrected chi connectivity index (χ0v) is 16.4. The van der Waals surface area contributed by atoms with Gasteiger partial charge in [0.25, 0.3) is 5.91 Å². The summed E-state index contributed by atoms with van der Waals surface area (Å²) >= 11 is 0. The van der Waals surface area contributed by atoms with Gasteiger partial charge >= 0.3 is 6.18 Å². The number of anilines is 1. The van der Waals surface area contributed by atoms with Gasteiger partial charge in [0.15, 0.2) is 22.8 Å². The number of ether oxygens (including phenoxy) is 2. The highest BCUT2D eigenvalue weighted by atomic mass is 19.4. The molecule has 1 aliphatic heterocycles. The predicted octanol–water partition coefficient (Wildman–Crippen LogP) is 4.44. The Morgan fingerprint density at radius 1 is 1.00 bits per heavy atom. The van der Waals surface area contributed by atoms with Crippen LogP contribution in [0.1, 0.15) is 16.1 Å². The Bertz CT molecular complexity index is 1320. The van der Waals surface area contributed by atoms with E-state index in [0.29, 0.717) is 40.5 Å². The van der Waals surface area contributed by atoms with E-state index >= 15 is 0 Å². The van der Waals surface area contributed by atoms with Gasteiger partial charge in [-0.05, 0) is 18.2 Å². The molecule has 0 spiro atoms. The molecule has 0 radical (unpaired) electrons. The van der Waals surface area contributed by atoms with E-state index in [0.717, 1.165) is 12.3 Å². The second kappa shape index (κ2) is 7.56. The van der Waals surface area contributed by atoms with Gasteiger partial charge in [-0.2, -0.15) is 18.3 Å². The second-order valence-electron chi connectivity index (χ2n) is 7.00. The molecule has 32 heavy (non-hydrogen) atoms. The van der Waals surface area contributed by atoms with E-state index in [-0.39, 0.29) is 16.9 Å². The lowest BCUT2D eigenvalue weighted by Crippen LogP contribution is -2.17. The molecule has 5 rings (SSSR count). The molecule has 1 amide bonds. The molecule has 0 unspecified atom stereocenters. The van der Waals surface area contributed by atoms with Crippen molar-refractivity contribution in [2.24, 2.45) is 0 Å². The maximum absolute atomic E-state index is 13.7.